The lowest BCUT2D eigenvalue weighted by atomic mass is 10.1. The fourth-order valence-corrected chi connectivity index (χ4v) is 5.97. The van der Waals surface area contributed by atoms with Gasteiger partial charge in [-0.15, -0.1) is 10.2 Å². The highest BCUT2D eigenvalue weighted by molar-refractivity contribution is 7.99. The Morgan fingerprint density at radius 2 is 1.68 bits per heavy atom. The molecule has 4 aromatic rings. The molecule has 3 aromatic carbocycles. The van der Waals surface area contributed by atoms with Crippen LogP contribution in [0, 0.1) is 6.92 Å². The zero-order valence-electron chi connectivity index (χ0n) is 22.7. The van der Waals surface area contributed by atoms with Crippen LogP contribution >= 0.6 is 23.4 Å². The summed E-state index contributed by atoms with van der Waals surface area (Å²) in [7, 11) is 0. The van der Waals surface area contributed by atoms with E-state index in [1.165, 1.54) is 0 Å². The molecule has 0 radical (unpaired) electrons. The minimum absolute atomic E-state index is 0.0275. The number of halogens is 1. The van der Waals surface area contributed by atoms with Crippen LogP contribution in [0.4, 0.5) is 0 Å². The van der Waals surface area contributed by atoms with Gasteiger partial charge in [0.05, 0.1) is 5.69 Å². The van der Waals surface area contributed by atoms with Crippen LogP contribution < -0.4 is 0 Å². The molecule has 1 fully saturated rings. The molecule has 1 aliphatic heterocycles. The van der Waals surface area contributed by atoms with Crippen molar-refractivity contribution in [2.24, 2.45) is 0 Å². The van der Waals surface area contributed by atoms with Gasteiger partial charge in [-0.05, 0) is 56.2 Å². The van der Waals surface area contributed by atoms with Gasteiger partial charge in [0.1, 0.15) is 0 Å². The number of nitrogens with zero attached hydrogens (tertiary/aromatic N) is 5. The molecular weight excluding hydrogens is 542 g/mol. The number of para-hydroxylation sites is 1. The smallest absolute Gasteiger partial charge is 0.254 e. The molecule has 1 atom stereocenters. The van der Waals surface area contributed by atoms with Crippen LogP contribution in [0.1, 0.15) is 35.7 Å². The third-order valence-electron chi connectivity index (χ3n) is 7.12. The Morgan fingerprint density at radius 3 is 2.40 bits per heavy atom. The summed E-state index contributed by atoms with van der Waals surface area (Å²) in [5.41, 5.74) is 3.80. The molecule has 0 N–H and O–H groups in total. The van der Waals surface area contributed by atoms with Gasteiger partial charge in [0.15, 0.2) is 11.0 Å². The van der Waals surface area contributed by atoms with Gasteiger partial charge < -0.3 is 9.80 Å². The summed E-state index contributed by atoms with van der Waals surface area (Å²) in [5, 5.41) is 10.5. The van der Waals surface area contributed by atoms with Crippen LogP contribution in [0.3, 0.4) is 0 Å². The molecule has 2 heterocycles. The molecule has 0 bridgehead atoms. The van der Waals surface area contributed by atoms with Crippen molar-refractivity contribution in [3.8, 4) is 17.1 Å². The van der Waals surface area contributed by atoms with Crippen molar-refractivity contribution in [3.05, 3.63) is 95.0 Å². The molecular formula is C31H32ClN5O2S. The van der Waals surface area contributed by atoms with Gasteiger partial charge >= 0.3 is 0 Å². The minimum atomic E-state index is -0.0562. The van der Waals surface area contributed by atoms with Gasteiger partial charge in [-0.25, -0.2) is 0 Å². The Hall–Kier alpha value is -3.62. The minimum Gasteiger partial charge on any atom is -0.339 e. The van der Waals surface area contributed by atoms with E-state index in [-0.39, 0.29) is 17.9 Å². The SMILES string of the molecule is Cc1ccccc1-n1c(SCCCC(=O)N2CCN(C(=O)c3ccc(Cl)cc3)[C@H](C)C2)nnc1-c1ccccc1. The molecule has 1 aromatic heterocycles. The van der Waals surface area contributed by atoms with Crippen LogP contribution in [0.5, 0.6) is 0 Å². The number of carbonyl (C=O) groups is 2. The molecule has 0 unspecified atom stereocenters. The number of hydrogen-bond acceptors (Lipinski definition) is 5. The van der Waals surface area contributed by atoms with E-state index >= 15 is 0 Å². The molecule has 0 saturated carbocycles. The van der Waals surface area contributed by atoms with Crippen LogP contribution in [0.2, 0.25) is 5.02 Å². The standard InChI is InChI=1S/C31H32ClN5O2S/c1-22-9-6-7-12-27(22)37-29(24-10-4-3-5-11-24)33-34-31(37)40-20-8-13-28(38)35-18-19-36(23(2)21-35)30(39)25-14-16-26(32)17-15-25/h3-7,9-12,14-17,23H,8,13,18-21H2,1-2H3/t23-/m1/s1. The highest BCUT2D eigenvalue weighted by Gasteiger charge is 2.30. The third-order valence-corrected chi connectivity index (χ3v) is 8.39. The van der Waals surface area contributed by atoms with Gasteiger partial charge in [0.2, 0.25) is 5.91 Å². The van der Waals surface area contributed by atoms with E-state index in [1.54, 1.807) is 36.0 Å². The van der Waals surface area contributed by atoms with E-state index < -0.39 is 0 Å². The summed E-state index contributed by atoms with van der Waals surface area (Å²) in [6.07, 6.45) is 1.18. The molecule has 206 valence electrons. The molecule has 0 spiro atoms. The fourth-order valence-electron chi connectivity index (χ4n) is 4.96. The lowest BCUT2D eigenvalue weighted by Crippen LogP contribution is -2.55. The first kappa shape index (κ1) is 27.9. The Labute approximate surface area is 244 Å². The molecule has 9 heteroatoms. The Kier molecular flexibility index (Phi) is 8.87. The monoisotopic (exact) mass is 573 g/mol. The summed E-state index contributed by atoms with van der Waals surface area (Å²) < 4.78 is 2.11. The molecule has 0 aliphatic carbocycles. The van der Waals surface area contributed by atoms with Crippen molar-refractivity contribution in [2.75, 3.05) is 25.4 Å². The molecule has 1 saturated heterocycles. The van der Waals surface area contributed by atoms with Gasteiger partial charge in [0, 0.05) is 54.0 Å². The number of benzene rings is 3. The zero-order valence-corrected chi connectivity index (χ0v) is 24.2. The van der Waals surface area contributed by atoms with Gasteiger partial charge in [-0.2, -0.15) is 0 Å². The zero-order chi connectivity index (χ0) is 28.1. The van der Waals surface area contributed by atoms with Crippen molar-refractivity contribution in [1.82, 2.24) is 24.6 Å². The maximum atomic E-state index is 13.0. The third kappa shape index (κ3) is 6.24. The lowest BCUT2D eigenvalue weighted by Gasteiger charge is -2.40. The predicted molar refractivity (Wildman–Crippen MR) is 160 cm³/mol. The summed E-state index contributed by atoms with van der Waals surface area (Å²) in [4.78, 5) is 29.7. The largest absolute Gasteiger partial charge is 0.339 e. The first-order chi connectivity index (χ1) is 19.4. The molecule has 1 aliphatic rings. The molecule has 7 nitrogen and oxygen atoms in total. The Balaban J connectivity index is 1.18. The number of piperazine rings is 1. The highest BCUT2D eigenvalue weighted by atomic mass is 35.5. The quantitative estimate of drug-likeness (QED) is 0.187. The van der Waals surface area contributed by atoms with Crippen molar-refractivity contribution in [1.29, 1.82) is 0 Å². The summed E-state index contributed by atoms with van der Waals surface area (Å²) in [5.74, 6) is 1.64. The van der Waals surface area contributed by atoms with Crippen LogP contribution in [-0.4, -0.2) is 67.8 Å². The van der Waals surface area contributed by atoms with Gasteiger partial charge in [-0.3, -0.25) is 14.2 Å². The second kappa shape index (κ2) is 12.7. The number of amides is 2. The number of thioether (sulfide) groups is 1. The fraction of sp³-hybridized carbons (Fsp3) is 0.290. The topological polar surface area (TPSA) is 71.3 Å². The number of hydrogen-bond donors (Lipinski definition) is 0. The summed E-state index contributed by atoms with van der Waals surface area (Å²) in [6.45, 7) is 5.67. The number of rotatable bonds is 8. The first-order valence-electron chi connectivity index (χ1n) is 13.5. The van der Waals surface area contributed by atoms with Crippen LogP contribution in [-0.2, 0) is 4.79 Å². The first-order valence-corrected chi connectivity index (χ1v) is 14.8. The van der Waals surface area contributed by atoms with E-state index in [9.17, 15) is 9.59 Å². The van der Waals surface area contributed by atoms with Crippen molar-refractivity contribution < 1.29 is 9.59 Å². The average molecular weight is 574 g/mol. The van der Waals surface area contributed by atoms with Gasteiger partial charge in [0.25, 0.3) is 5.91 Å². The van der Waals surface area contributed by atoms with Gasteiger partial charge in [-0.1, -0.05) is 71.9 Å². The Morgan fingerprint density at radius 1 is 0.950 bits per heavy atom. The number of carbonyl (C=O) groups excluding carboxylic acids is 2. The number of aryl methyl sites for hydroxylation is 1. The van der Waals surface area contributed by atoms with Crippen molar-refractivity contribution >= 4 is 35.2 Å². The van der Waals surface area contributed by atoms with Crippen LogP contribution in [0.15, 0.2) is 84.0 Å². The van der Waals surface area contributed by atoms with Crippen molar-refractivity contribution in [3.63, 3.8) is 0 Å². The average Bonchev–Trinajstić information content (AvgIpc) is 3.39. The summed E-state index contributed by atoms with van der Waals surface area (Å²) >= 11 is 7.58. The molecule has 2 amide bonds. The predicted octanol–water partition coefficient (Wildman–Crippen LogP) is 6.14. The second-order valence-corrected chi connectivity index (χ2v) is 11.4. The van der Waals surface area contributed by atoms with E-state index in [1.807, 2.05) is 59.2 Å². The lowest BCUT2D eigenvalue weighted by molar-refractivity contribution is -0.133. The van der Waals surface area contributed by atoms with E-state index in [2.05, 4.69) is 33.8 Å². The number of aromatic nitrogens is 3. The van der Waals surface area contributed by atoms with E-state index in [4.69, 9.17) is 11.6 Å². The maximum absolute atomic E-state index is 13.0. The van der Waals surface area contributed by atoms with Crippen LogP contribution in [0.25, 0.3) is 17.1 Å². The van der Waals surface area contributed by atoms with E-state index in [0.29, 0.717) is 36.6 Å². The Bertz CT molecular complexity index is 1470. The van der Waals surface area contributed by atoms with E-state index in [0.717, 1.165) is 40.0 Å². The molecule has 5 rings (SSSR count). The van der Waals surface area contributed by atoms with Crippen molar-refractivity contribution in [2.45, 2.75) is 37.9 Å². The maximum Gasteiger partial charge on any atom is 0.254 e. The molecule has 40 heavy (non-hydrogen) atoms. The summed E-state index contributed by atoms with van der Waals surface area (Å²) in [6, 6.07) is 25.2. The second-order valence-electron chi connectivity index (χ2n) is 9.94. The highest BCUT2D eigenvalue weighted by Crippen LogP contribution is 2.30. The normalized spacial score (nSPS) is 15.3.